The lowest BCUT2D eigenvalue weighted by Gasteiger charge is -2.04. The number of rotatable bonds is 2. The Morgan fingerprint density at radius 2 is 2.10 bits per heavy atom. The zero-order chi connectivity index (χ0) is 13.7. The van der Waals surface area contributed by atoms with Gasteiger partial charge in [0.2, 0.25) is 0 Å². The standard InChI is InChI=1S/C16H13ClO2S/c17-11-4-5-12-10(6-11)7-13(19-12)16(18)15-8-9-2-1-3-14(9)20-15/h4-8,16,18H,1-3H2. The van der Waals surface area contributed by atoms with E-state index in [1.165, 1.54) is 16.9 Å². The van der Waals surface area contributed by atoms with E-state index in [9.17, 15) is 5.11 Å². The molecule has 3 aromatic rings. The molecule has 1 aliphatic carbocycles. The molecule has 1 aliphatic rings. The maximum Gasteiger partial charge on any atom is 0.146 e. The van der Waals surface area contributed by atoms with Gasteiger partial charge in [-0.1, -0.05) is 11.6 Å². The SMILES string of the molecule is OC(c1cc2cc(Cl)ccc2o1)c1cc2c(s1)CCC2. The lowest BCUT2D eigenvalue weighted by atomic mass is 10.1. The second-order valence-electron chi connectivity index (χ2n) is 5.18. The minimum atomic E-state index is -0.684. The Balaban J connectivity index is 1.73. The van der Waals surface area contributed by atoms with Crippen molar-refractivity contribution in [3.63, 3.8) is 0 Å². The molecule has 0 aliphatic heterocycles. The van der Waals surface area contributed by atoms with Crippen LogP contribution in [0.15, 0.2) is 34.7 Å². The highest BCUT2D eigenvalue weighted by atomic mass is 35.5. The molecule has 0 amide bonds. The van der Waals surface area contributed by atoms with Crippen molar-refractivity contribution in [2.75, 3.05) is 0 Å². The van der Waals surface area contributed by atoms with E-state index < -0.39 is 6.10 Å². The second-order valence-corrected chi connectivity index (χ2v) is 6.79. The molecule has 1 unspecified atom stereocenters. The molecule has 102 valence electrons. The summed E-state index contributed by atoms with van der Waals surface area (Å²) in [5.74, 6) is 0.585. The third kappa shape index (κ3) is 1.97. The van der Waals surface area contributed by atoms with E-state index in [-0.39, 0.29) is 0 Å². The van der Waals surface area contributed by atoms with Crippen LogP contribution < -0.4 is 0 Å². The van der Waals surface area contributed by atoms with Gasteiger partial charge in [0.1, 0.15) is 17.4 Å². The first-order valence-electron chi connectivity index (χ1n) is 6.69. The molecular formula is C16H13ClO2S. The van der Waals surface area contributed by atoms with E-state index in [1.807, 2.05) is 18.2 Å². The van der Waals surface area contributed by atoms with Gasteiger partial charge in [-0.3, -0.25) is 0 Å². The molecule has 0 spiro atoms. The molecule has 4 rings (SSSR count). The van der Waals surface area contributed by atoms with Gasteiger partial charge in [0.15, 0.2) is 0 Å². The van der Waals surface area contributed by atoms with Crippen molar-refractivity contribution in [1.82, 2.24) is 0 Å². The maximum absolute atomic E-state index is 10.5. The average Bonchev–Trinajstić information content (AvgIpc) is 3.10. The largest absolute Gasteiger partial charge is 0.458 e. The Kier molecular flexibility index (Phi) is 2.88. The Bertz CT molecular complexity index is 765. The van der Waals surface area contributed by atoms with Crippen LogP contribution in [0.25, 0.3) is 11.0 Å². The lowest BCUT2D eigenvalue weighted by Crippen LogP contribution is -1.94. The van der Waals surface area contributed by atoms with E-state index >= 15 is 0 Å². The molecule has 0 radical (unpaired) electrons. The van der Waals surface area contributed by atoms with Crippen LogP contribution >= 0.6 is 22.9 Å². The summed E-state index contributed by atoms with van der Waals surface area (Å²) in [6.45, 7) is 0. The summed E-state index contributed by atoms with van der Waals surface area (Å²) in [6.07, 6.45) is 2.83. The number of benzene rings is 1. The van der Waals surface area contributed by atoms with Crippen LogP contribution in [-0.2, 0) is 12.8 Å². The monoisotopic (exact) mass is 304 g/mol. The number of aryl methyl sites for hydroxylation is 2. The zero-order valence-electron chi connectivity index (χ0n) is 10.7. The summed E-state index contributed by atoms with van der Waals surface area (Å²) < 4.78 is 5.74. The fourth-order valence-electron chi connectivity index (χ4n) is 2.80. The fourth-order valence-corrected chi connectivity index (χ4v) is 4.23. The summed E-state index contributed by atoms with van der Waals surface area (Å²) in [5.41, 5.74) is 2.15. The maximum atomic E-state index is 10.5. The van der Waals surface area contributed by atoms with E-state index in [0.29, 0.717) is 10.8 Å². The van der Waals surface area contributed by atoms with Crippen LogP contribution in [0.2, 0.25) is 5.02 Å². The van der Waals surface area contributed by atoms with Crippen LogP contribution in [0.3, 0.4) is 0 Å². The minimum Gasteiger partial charge on any atom is -0.458 e. The van der Waals surface area contributed by atoms with Gasteiger partial charge in [-0.25, -0.2) is 0 Å². The molecule has 1 atom stereocenters. The molecule has 2 heterocycles. The van der Waals surface area contributed by atoms with E-state index in [1.54, 1.807) is 17.4 Å². The van der Waals surface area contributed by atoms with Crippen molar-refractivity contribution < 1.29 is 9.52 Å². The highest BCUT2D eigenvalue weighted by Gasteiger charge is 2.22. The highest BCUT2D eigenvalue weighted by Crippen LogP contribution is 2.37. The van der Waals surface area contributed by atoms with Crippen LogP contribution in [0, 0.1) is 0 Å². The van der Waals surface area contributed by atoms with Crippen molar-refractivity contribution in [1.29, 1.82) is 0 Å². The number of aliphatic hydroxyl groups is 1. The number of fused-ring (bicyclic) bond motifs is 2. The quantitative estimate of drug-likeness (QED) is 0.743. The van der Waals surface area contributed by atoms with Gasteiger partial charge >= 0.3 is 0 Å². The van der Waals surface area contributed by atoms with E-state index in [4.69, 9.17) is 16.0 Å². The summed E-state index contributed by atoms with van der Waals surface area (Å²) in [6, 6.07) is 9.48. The number of hydrogen-bond donors (Lipinski definition) is 1. The summed E-state index contributed by atoms with van der Waals surface area (Å²) in [5, 5.41) is 12.1. The molecule has 2 nitrogen and oxygen atoms in total. The first-order valence-corrected chi connectivity index (χ1v) is 7.89. The topological polar surface area (TPSA) is 33.4 Å². The molecule has 1 N–H and O–H groups in total. The van der Waals surface area contributed by atoms with Gasteiger partial charge < -0.3 is 9.52 Å². The molecule has 0 fully saturated rings. The summed E-state index contributed by atoms with van der Waals surface area (Å²) >= 11 is 7.67. The number of aliphatic hydroxyl groups excluding tert-OH is 1. The van der Waals surface area contributed by atoms with Crippen LogP contribution in [-0.4, -0.2) is 5.11 Å². The molecule has 0 saturated carbocycles. The Hall–Kier alpha value is -1.29. The molecule has 4 heteroatoms. The normalized spacial score (nSPS) is 15.7. The molecule has 20 heavy (non-hydrogen) atoms. The number of halogens is 1. The molecule has 0 saturated heterocycles. The van der Waals surface area contributed by atoms with Crippen molar-refractivity contribution in [2.45, 2.75) is 25.4 Å². The highest BCUT2D eigenvalue weighted by molar-refractivity contribution is 7.12. The second kappa shape index (κ2) is 4.62. The van der Waals surface area contributed by atoms with Gasteiger partial charge in [0.25, 0.3) is 0 Å². The zero-order valence-corrected chi connectivity index (χ0v) is 12.3. The van der Waals surface area contributed by atoms with E-state index in [2.05, 4.69) is 6.07 Å². The van der Waals surface area contributed by atoms with Crippen molar-refractivity contribution in [3.05, 3.63) is 56.4 Å². The predicted octanol–water partition coefficient (Wildman–Crippen LogP) is 4.72. The van der Waals surface area contributed by atoms with Gasteiger partial charge in [-0.15, -0.1) is 11.3 Å². The van der Waals surface area contributed by atoms with Crippen molar-refractivity contribution in [2.24, 2.45) is 0 Å². The number of furan rings is 1. The fraction of sp³-hybridized carbons (Fsp3) is 0.250. The third-order valence-corrected chi connectivity index (χ3v) is 5.33. The van der Waals surface area contributed by atoms with Crippen LogP contribution in [0.4, 0.5) is 0 Å². The Morgan fingerprint density at radius 3 is 2.95 bits per heavy atom. The third-order valence-electron chi connectivity index (χ3n) is 3.80. The minimum absolute atomic E-state index is 0.585. The Labute approximate surface area is 125 Å². The molecule has 2 aromatic heterocycles. The summed E-state index contributed by atoms with van der Waals surface area (Å²) in [7, 11) is 0. The molecular weight excluding hydrogens is 292 g/mol. The van der Waals surface area contributed by atoms with Gasteiger partial charge in [-0.05, 0) is 55.2 Å². The first-order chi connectivity index (χ1) is 9.70. The number of thiophene rings is 1. The van der Waals surface area contributed by atoms with Gasteiger partial charge in [0.05, 0.1) is 0 Å². The molecule has 1 aromatic carbocycles. The van der Waals surface area contributed by atoms with Crippen LogP contribution in [0.5, 0.6) is 0 Å². The first kappa shape index (κ1) is 12.5. The summed E-state index contributed by atoms with van der Waals surface area (Å²) in [4.78, 5) is 2.39. The lowest BCUT2D eigenvalue weighted by molar-refractivity contribution is 0.196. The van der Waals surface area contributed by atoms with Gasteiger partial charge in [0, 0.05) is 20.2 Å². The predicted molar refractivity (Wildman–Crippen MR) is 81.6 cm³/mol. The van der Waals surface area contributed by atoms with Gasteiger partial charge in [-0.2, -0.15) is 0 Å². The Morgan fingerprint density at radius 1 is 1.20 bits per heavy atom. The average molecular weight is 305 g/mol. The van der Waals surface area contributed by atoms with Crippen molar-refractivity contribution in [3.8, 4) is 0 Å². The van der Waals surface area contributed by atoms with Crippen molar-refractivity contribution >= 4 is 33.9 Å². The van der Waals surface area contributed by atoms with E-state index in [0.717, 1.165) is 28.7 Å². The smallest absolute Gasteiger partial charge is 0.146 e. The van der Waals surface area contributed by atoms with Crippen LogP contribution in [0.1, 0.15) is 33.6 Å². The molecule has 0 bridgehead atoms. The number of hydrogen-bond acceptors (Lipinski definition) is 3.